The molecule has 2 N–H and O–H groups in total. The summed E-state index contributed by atoms with van der Waals surface area (Å²) in [5.74, 6) is -0.388. The van der Waals surface area contributed by atoms with Crippen LogP contribution in [0.5, 0.6) is 0 Å². The van der Waals surface area contributed by atoms with Crippen molar-refractivity contribution in [1.82, 2.24) is 10.3 Å². The van der Waals surface area contributed by atoms with E-state index in [0.717, 1.165) is 18.0 Å². The Bertz CT molecular complexity index is 580. The summed E-state index contributed by atoms with van der Waals surface area (Å²) in [5.41, 5.74) is 2.61. The molecule has 1 saturated carbocycles. The fourth-order valence-corrected chi connectivity index (χ4v) is 2.18. The van der Waals surface area contributed by atoms with Crippen molar-refractivity contribution in [2.24, 2.45) is 0 Å². The number of oxazole rings is 1. The topological polar surface area (TPSA) is 58.0 Å². The van der Waals surface area contributed by atoms with Gasteiger partial charge in [-0.3, -0.25) is 4.98 Å². The first kappa shape index (κ1) is 10.6. The lowest BCUT2D eigenvalue weighted by Crippen LogP contribution is -2.29. The molecule has 1 aromatic heterocycles. The van der Waals surface area contributed by atoms with Gasteiger partial charge < -0.3 is 9.73 Å². The molecule has 1 fully saturated rings. The molecule has 1 aromatic carbocycles. The van der Waals surface area contributed by atoms with Crippen LogP contribution < -0.4 is 11.1 Å². The van der Waals surface area contributed by atoms with Crippen molar-refractivity contribution in [1.29, 1.82) is 0 Å². The van der Waals surface area contributed by atoms with E-state index in [4.69, 9.17) is 4.42 Å². The van der Waals surface area contributed by atoms with Crippen LogP contribution in [0, 0.1) is 0 Å². The molecule has 1 atom stereocenters. The number of aromatic nitrogens is 1. The molecular weight excluding hydrogens is 216 g/mol. The van der Waals surface area contributed by atoms with Crippen LogP contribution >= 0.6 is 0 Å². The first-order chi connectivity index (χ1) is 8.20. The molecule has 2 aromatic rings. The van der Waals surface area contributed by atoms with E-state index in [1.54, 1.807) is 0 Å². The summed E-state index contributed by atoms with van der Waals surface area (Å²) in [5, 5.41) is 3.56. The number of nitrogens with one attached hydrogen (secondary N) is 2. The monoisotopic (exact) mass is 232 g/mol. The summed E-state index contributed by atoms with van der Waals surface area (Å²) in [6.07, 6.45) is 3.56. The Morgan fingerprint density at radius 3 is 3.12 bits per heavy atom. The van der Waals surface area contributed by atoms with Gasteiger partial charge in [0, 0.05) is 12.1 Å². The van der Waals surface area contributed by atoms with Crippen molar-refractivity contribution in [3.8, 4) is 0 Å². The number of aromatic amines is 1. The molecule has 0 aliphatic heterocycles. The van der Waals surface area contributed by atoms with Gasteiger partial charge in [-0.2, -0.15) is 0 Å². The van der Waals surface area contributed by atoms with Gasteiger partial charge in [0.05, 0.1) is 5.52 Å². The van der Waals surface area contributed by atoms with Crippen LogP contribution in [0.25, 0.3) is 11.1 Å². The first-order valence-electron chi connectivity index (χ1n) is 6.08. The van der Waals surface area contributed by atoms with E-state index in [1.807, 2.05) is 18.2 Å². The zero-order chi connectivity index (χ0) is 11.8. The van der Waals surface area contributed by atoms with Gasteiger partial charge in [0.1, 0.15) is 0 Å². The Labute approximate surface area is 99.0 Å². The zero-order valence-corrected chi connectivity index (χ0v) is 9.82. The third-order valence-corrected chi connectivity index (χ3v) is 3.12. The molecule has 1 heterocycles. The number of rotatable bonds is 4. The molecule has 1 aliphatic rings. The van der Waals surface area contributed by atoms with Gasteiger partial charge in [-0.15, -0.1) is 0 Å². The molecule has 0 bridgehead atoms. The van der Waals surface area contributed by atoms with E-state index in [9.17, 15) is 4.79 Å². The molecule has 0 saturated heterocycles. The zero-order valence-electron chi connectivity index (χ0n) is 9.82. The van der Waals surface area contributed by atoms with Crippen LogP contribution in [0.2, 0.25) is 0 Å². The SMILES string of the molecule is CC(Cc1ccc2[nH]c(=O)oc2c1)NC1CC1. The van der Waals surface area contributed by atoms with Crippen molar-refractivity contribution >= 4 is 11.1 Å². The van der Waals surface area contributed by atoms with Gasteiger partial charge in [0.2, 0.25) is 0 Å². The second-order valence-electron chi connectivity index (χ2n) is 4.89. The van der Waals surface area contributed by atoms with E-state index in [2.05, 4.69) is 17.2 Å². The summed E-state index contributed by atoms with van der Waals surface area (Å²) in [6, 6.07) is 7.07. The van der Waals surface area contributed by atoms with Gasteiger partial charge in [-0.25, -0.2) is 4.79 Å². The van der Waals surface area contributed by atoms with E-state index in [1.165, 1.54) is 18.4 Å². The highest BCUT2D eigenvalue weighted by molar-refractivity contribution is 5.72. The minimum Gasteiger partial charge on any atom is -0.408 e. The average molecular weight is 232 g/mol. The molecule has 1 unspecified atom stereocenters. The molecule has 90 valence electrons. The quantitative estimate of drug-likeness (QED) is 0.845. The predicted octanol–water partition coefficient (Wildman–Crippen LogP) is 1.80. The highest BCUT2D eigenvalue weighted by Crippen LogP contribution is 2.20. The van der Waals surface area contributed by atoms with Crippen LogP contribution in [0.4, 0.5) is 0 Å². The lowest BCUT2D eigenvalue weighted by Gasteiger charge is -2.12. The Morgan fingerprint density at radius 2 is 2.35 bits per heavy atom. The Balaban J connectivity index is 1.77. The molecule has 0 spiro atoms. The number of hydrogen-bond acceptors (Lipinski definition) is 3. The molecule has 0 radical (unpaired) electrons. The van der Waals surface area contributed by atoms with E-state index < -0.39 is 0 Å². The molecule has 17 heavy (non-hydrogen) atoms. The third kappa shape index (κ3) is 2.42. The van der Waals surface area contributed by atoms with Crippen molar-refractivity contribution in [3.05, 3.63) is 34.3 Å². The maximum atomic E-state index is 11.0. The van der Waals surface area contributed by atoms with Crippen LogP contribution in [-0.2, 0) is 6.42 Å². The van der Waals surface area contributed by atoms with Gasteiger partial charge in [-0.05, 0) is 43.9 Å². The van der Waals surface area contributed by atoms with E-state index in [-0.39, 0.29) is 5.76 Å². The molecule has 3 rings (SSSR count). The van der Waals surface area contributed by atoms with Crippen LogP contribution in [0.15, 0.2) is 27.4 Å². The van der Waals surface area contributed by atoms with Crippen molar-refractivity contribution in [3.63, 3.8) is 0 Å². The normalized spacial score (nSPS) is 17.5. The fourth-order valence-electron chi connectivity index (χ4n) is 2.18. The molecule has 4 heteroatoms. The molecular formula is C13H16N2O2. The smallest absolute Gasteiger partial charge is 0.408 e. The maximum absolute atomic E-state index is 11.0. The average Bonchev–Trinajstić information content (AvgIpc) is 2.98. The van der Waals surface area contributed by atoms with Crippen molar-refractivity contribution in [2.45, 2.75) is 38.3 Å². The minimum atomic E-state index is -0.388. The molecule has 0 amide bonds. The first-order valence-corrected chi connectivity index (χ1v) is 6.08. The van der Waals surface area contributed by atoms with Gasteiger partial charge >= 0.3 is 5.76 Å². The Morgan fingerprint density at radius 1 is 1.53 bits per heavy atom. The Hall–Kier alpha value is -1.55. The van der Waals surface area contributed by atoms with Gasteiger partial charge in [0.25, 0.3) is 0 Å². The maximum Gasteiger partial charge on any atom is 0.417 e. The molecule has 1 aliphatic carbocycles. The number of benzene rings is 1. The summed E-state index contributed by atoms with van der Waals surface area (Å²) >= 11 is 0. The standard InChI is InChI=1S/C13H16N2O2/c1-8(14-10-3-4-10)6-9-2-5-11-12(7-9)17-13(16)15-11/h2,5,7-8,10,14H,3-4,6H2,1H3,(H,15,16). The van der Waals surface area contributed by atoms with E-state index in [0.29, 0.717) is 11.6 Å². The third-order valence-electron chi connectivity index (χ3n) is 3.12. The number of fused-ring (bicyclic) bond motifs is 1. The van der Waals surface area contributed by atoms with Crippen molar-refractivity contribution < 1.29 is 4.42 Å². The highest BCUT2D eigenvalue weighted by Gasteiger charge is 2.22. The lowest BCUT2D eigenvalue weighted by atomic mass is 10.1. The summed E-state index contributed by atoms with van der Waals surface area (Å²) in [6.45, 7) is 2.19. The largest absolute Gasteiger partial charge is 0.417 e. The highest BCUT2D eigenvalue weighted by atomic mass is 16.4. The predicted molar refractivity (Wildman–Crippen MR) is 66.2 cm³/mol. The summed E-state index contributed by atoms with van der Waals surface area (Å²) in [4.78, 5) is 13.7. The minimum absolute atomic E-state index is 0.388. The number of H-pyrrole nitrogens is 1. The second-order valence-corrected chi connectivity index (χ2v) is 4.89. The van der Waals surface area contributed by atoms with E-state index >= 15 is 0 Å². The Kier molecular flexibility index (Phi) is 2.52. The number of hydrogen-bond donors (Lipinski definition) is 2. The fraction of sp³-hybridized carbons (Fsp3) is 0.462. The van der Waals surface area contributed by atoms with Crippen LogP contribution in [-0.4, -0.2) is 17.1 Å². The van der Waals surface area contributed by atoms with Crippen LogP contribution in [0.1, 0.15) is 25.3 Å². The second kappa shape index (κ2) is 4.04. The lowest BCUT2D eigenvalue weighted by molar-refractivity contribution is 0.540. The van der Waals surface area contributed by atoms with Crippen molar-refractivity contribution in [2.75, 3.05) is 0 Å². The molecule has 4 nitrogen and oxygen atoms in total. The van der Waals surface area contributed by atoms with Gasteiger partial charge in [-0.1, -0.05) is 6.07 Å². The van der Waals surface area contributed by atoms with Gasteiger partial charge in [0.15, 0.2) is 5.58 Å². The summed E-state index contributed by atoms with van der Waals surface area (Å²) < 4.78 is 5.05. The summed E-state index contributed by atoms with van der Waals surface area (Å²) in [7, 11) is 0. The van der Waals surface area contributed by atoms with Crippen LogP contribution in [0.3, 0.4) is 0 Å².